The third-order valence-corrected chi connectivity index (χ3v) is 6.00. The first kappa shape index (κ1) is 21.5. The standard InChI is InChI=1S/C25H34N2O2/c1-3-29-20-25(14-13-22-7-5-4-6-8-22)15-17-27(18-16-25)19-23-9-11-24(12-10-23)26-21(2)28/h4-12H,3,13-20H2,1-2H3,(H,26,28). The highest BCUT2D eigenvalue weighted by Crippen LogP contribution is 2.37. The van der Waals surface area contributed by atoms with Gasteiger partial charge < -0.3 is 10.1 Å². The third-order valence-electron chi connectivity index (χ3n) is 6.00. The number of carbonyl (C=O) groups is 1. The van der Waals surface area contributed by atoms with Crippen LogP contribution in [0.1, 0.15) is 44.2 Å². The van der Waals surface area contributed by atoms with Crippen LogP contribution in [0.2, 0.25) is 0 Å². The summed E-state index contributed by atoms with van der Waals surface area (Å²) in [5.74, 6) is -0.0325. The minimum absolute atomic E-state index is 0.0325. The van der Waals surface area contributed by atoms with Gasteiger partial charge in [0.05, 0.1) is 6.61 Å². The first-order valence-corrected chi connectivity index (χ1v) is 10.8. The monoisotopic (exact) mass is 394 g/mol. The quantitative estimate of drug-likeness (QED) is 0.658. The Kier molecular flexibility index (Phi) is 7.84. The normalized spacial score (nSPS) is 16.5. The van der Waals surface area contributed by atoms with E-state index in [0.717, 1.165) is 45.0 Å². The molecule has 0 aliphatic carbocycles. The lowest BCUT2D eigenvalue weighted by atomic mass is 9.74. The van der Waals surface area contributed by atoms with Crippen LogP contribution in [0.25, 0.3) is 0 Å². The fourth-order valence-electron chi connectivity index (χ4n) is 4.18. The molecule has 0 spiro atoms. The Bertz CT molecular complexity index is 750. The number of ether oxygens (including phenoxy) is 1. The summed E-state index contributed by atoms with van der Waals surface area (Å²) in [6.45, 7) is 8.46. The lowest BCUT2D eigenvalue weighted by Crippen LogP contribution is -2.42. The average Bonchev–Trinajstić information content (AvgIpc) is 2.74. The second-order valence-electron chi connectivity index (χ2n) is 8.28. The number of rotatable bonds is 9. The Hall–Kier alpha value is -2.17. The highest BCUT2D eigenvalue weighted by Gasteiger charge is 2.34. The minimum atomic E-state index is -0.0325. The van der Waals surface area contributed by atoms with E-state index in [-0.39, 0.29) is 11.3 Å². The molecule has 156 valence electrons. The number of hydrogen-bond donors (Lipinski definition) is 1. The van der Waals surface area contributed by atoms with Gasteiger partial charge in [-0.05, 0) is 74.4 Å². The van der Waals surface area contributed by atoms with E-state index >= 15 is 0 Å². The molecule has 1 saturated heterocycles. The predicted molar refractivity (Wildman–Crippen MR) is 119 cm³/mol. The van der Waals surface area contributed by atoms with Gasteiger partial charge in [-0.15, -0.1) is 0 Å². The van der Waals surface area contributed by atoms with Crippen LogP contribution in [0.15, 0.2) is 54.6 Å². The molecule has 2 aromatic rings. The average molecular weight is 395 g/mol. The fraction of sp³-hybridized carbons (Fsp3) is 0.480. The number of nitrogens with zero attached hydrogens (tertiary/aromatic N) is 1. The minimum Gasteiger partial charge on any atom is -0.381 e. The Morgan fingerprint density at radius 2 is 1.72 bits per heavy atom. The van der Waals surface area contributed by atoms with Crippen molar-refractivity contribution in [2.75, 3.05) is 31.6 Å². The zero-order valence-electron chi connectivity index (χ0n) is 17.8. The van der Waals surface area contributed by atoms with E-state index in [2.05, 4.69) is 59.6 Å². The molecule has 1 N–H and O–H groups in total. The molecule has 0 unspecified atom stereocenters. The molecule has 3 rings (SSSR count). The van der Waals surface area contributed by atoms with Gasteiger partial charge in [0.2, 0.25) is 5.91 Å². The summed E-state index contributed by atoms with van der Waals surface area (Å²) in [6, 6.07) is 19.0. The lowest BCUT2D eigenvalue weighted by Gasteiger charge is -2.42. The molecule has 2 aromatic carbocycles. The van der Waals surface area contributed by atoms with Crippen molar-refractivity contribution in [1.82, 2.24) is 4.90 Å². The summed E-state index contributed by atoms with van der Waals surface area (Å²) < 4.78 is 5.91. The Morgan fingerprint density at radius 3 is 2.34 bits per heavy atom. The highest BCUT2D eigenvalue weighted by atomic mass is 16.5. The van der Waals surface area contributed by atoms with E-state index < -0.39 is 0 Å². The molecule has 1 fully saturated rings. The molecule has 4 nitrogen and oxygen atoms in total. The van der Waals surface area contributed by atoms with E-state index in [1.165, 1.54) is 37.3 Å². The molecule has 0 radical (unpaired) electrons. The number of likely N-dealkylation sites (tertiary alicyclic amines) is 1. The summed E-state index contributed by atoms with van der Waals surface area (Å²) in [4.78, 5) is 13.7. The number of aryl methyl sites for hydroxylation is 1. The summed E-state index contributed by atoms with van der Waals surface area (Å²) in [5, 5.41) is 2.83. The van der Waals surface area contributed by atoms with Crippen molar-refractivity contribution < 1.29 is 9.53 Å². The van der Waals surface area contributed by atoms with Crippen LogP contribution in [-0.2, 0) is 22.5 Å². The molecule has 1 aliphatic rings. The highest BCUT2D eigenvalue weighted by molar-refractivity contribution is 5.88. The van der Waals surface area contributed by atoms with Crippen molar-refractivity contribution >= 4 is 11.6 Å². The van der Waals surface area contributed by atoms with Gasteiger partial charge in [0.25, 0.3) is 0 Å². The van der Waals surface area contributed by atoms with Crippen molar-refractivity contribution in [3.05, 3.63) is 65.7 Å². The van der Waals surface area contributed by atoms with Gasteiger partial charge in [0.15, 0.2) is 0 Å². The molecule has 1 heterocycles. The Labute approximate surface area is 175 Å². The van der Waals surface area contributed by atoms with Crippen LogP contribution < -0.4 is 5.32 Å². The largest absolute Gasteiger partial charge is 0.381 e. The number of anilines is 1. The van der Waals surface area contributed by atoms with Crippen LogP contribution in [0.5, 0.6) is 0 Å². The van der Waals surface area contributed by atoms with Crippen LogP contribution >= 0.6 is 0 Å². The lowest BCUT2D eigenvalue weighted by molar-refractivity contribution is -0.114. The Balaban J connectivity index is 1.54. The molecule has 29 heavy (non-hydrogen) atoms. The molecule has 0 bridgehead atoms. The Morgan fingerprint density at radius 1 is 1.03 bits per heavy atom. The van der Waals surface area contributed by atoms with E-state index in [0.29, 0.717) is 0 Å². The van der Waals surface area contributed by atoms with Gasteiger partial charge in [0, 0.05) is 25.8 Å². The van der Waals surface area contributed by atoms with Crippen LogP contribution in [0.4, 0.5) is 5.69 Å². The molecule has 4 heteroatoms. The number of piperidine rings is 1. The maximum atomic E-state index is 11.2. The van der Waals surface area contributed by atoms with Gasteiger partial charge >= 0.3 is 0 Å². The van der Waals surface area contributed by atoms with Crippen molar-refractivity contribution in [1.29, 1.82) is 0 Å². The zero-order valence-corrected chi connectivity index (χ0v) is 17.8. The first-order valence-electron chi connectivity index (χ1n) is 10.8. The van der Waals surface area contributed by atoms with Crippen molar-refractivity contribution in [3.63, 3.8) is 0 Å². The number of amides is 1. The topological polar surface area (TPSA) is 41.6 Å². The van der Waals surface area contributed by atoms with Crippen molar-refractivity contribution in [2.45, 2.75) is 46.1 Å². The van der Waals surface area contributed by atoms with Crippen molar-refractivity contribution in [3.8, 4) is 0 Å². The third kappa shape index (κ3) is 6.69. The van der Waals surface area contributed by atoms with Gasteiger partial charge in [-0.3, -0.25) is 9.69 Å². The van der Waals surface area contributed by atoms with Gasteiger partial charge in [-0.25, -0.2) is 0 Å². The van der Waals surface area contributed by atoms with E-state index in [4.69, 9.17) is 4.74 Å². The number of benzene rings is 2. The van der Waals surface area contributed by atoms with Crippen LogP contribution in [-0.4, -0.2) is 37.1 Å². The molecule has 0 aromatic heterocycles. The molecular weight excluding hydrogens is 360 g/mol. The van der Waals surface area contributed by atoms with Gasteiger partial charge in [-0.2, -0.15) is 0 Å². The number of hydrogen-bond acceptors (Lipinski definition) is 3. The summed E-state index contributed by atoms with van der Waals surface area (Å²) in [7, 11) is 0. The molecule has 0 atom stereocenters. The van der Waals surface area contributed by atoms with Crippen LogP contribution in [0.3, 0.4) is 0 Å². The first-order chi connectivity index (χ1) is 14.1. The maximum Gasteiger partial charge on any atom is 0.221 e. The molecule has 1 amide bonds. The SMILES string of the molecule is CCOCC1(CCc2ccccc2)CCN(Cc2ccc(NC(C)=O)cc2)CC1. The van der Waals surface area contributed by atoms with Crippen LogP contribution in [0, 0.1) is 5.41 Å². The summed E-state index contributed by atoms with van der Waals surface area (Å²) in [5.41, 5.74) is 3.86. The molecule has 0 saturated carbocycles. The van der Waals surface area contributed by atoms with Crippen molar-refractivity contribution in [2.24, 2.45) is 5.41 Å². The fourth-order valence-corrected chi connectivity index (χ4v) is 4.18. The van der Waals surface area contributed by atoms with E-state index in [9.17, 15) is 4.79 Å². The summed E-state index contributed by atoms with van der Waals surface area (Å²) in [6.07, 6.45) is 4.68. The summed E-state index contributed by atoms with van der Waals surface area (Å²) >= 11 is 0. The zero-order chi connectivity index (χ0) is 20.5. The number of carbonyl (C=O) groups excluding carboxylic acids is 1. The van der Waals surface area contributed by atoms with E-state index in [1.54, 1.807) is 0 Å². The van der Waals surface area contributed by atoms with Gasteiger partial charge in [0.1, 0.15) is 0 Å². The number of nitrogens with one attached hydrogen (secondary N) is 1. The second kappa shape index (κ2) is 10.6. The molecule has 1 aliphatic heterocycles. The molecular formula is C25H34N2O2. The van der Waals surface area contributed by atoms with Gasteiger partial charge in [-0.1, -0.05) is 42.5 Å². The van der Waals surface area contributed by atoms with E-state index in [1.807, 2.05) is 12.1 Å². The maximum absolute atomic E-state index is 11.2. The second-order valence-corrected chi connectivity index (χ2v) is 8.28. The smallest absolute Gasteiger partial charge is 0.221 e. The predicted octanol–water partition coefficient (Wildman–Crippen LogP) is 4.90.